The lowest BCUT2D eigenvalue weighted by atomic mass is 10.1. The van der Waals surface area contributed by atoms with Crippen molar-refractivity contribution in [3.05, 3.63) is 50.8 Å². The molecule has 4 heteroatoms. The number of aryl methyl sites for hydroxylation is 2. The maximum Gasteiger partial charge on any atom is 0.206 e. The van der Waals surface area contributed by atoms with Gasteiger partial charge in [-0.25, -0.2) is 4.98 Å². The van der Waals surface area contributed by atoms with Gasteiger partial charge in [0.05, 0.1) is 15.6 Å². The molecule has 2 nitrogen and oxygen atoms in total. The lowest BCUT2D eigenvalue weighted by Crippen LogP contribution is -2.00. The Kier molecular flexibility index (Phi) is 2.76. The number of rotatable bonds is 2. The van der Waals surface area contributed by atoms with Gasteiger partial charge in [0.2, 0.25) is 5.78 Å². The zero-order chi connectivity index (χ0) is 12.7. The molecule has 3 aromatic rings. The molecule has 0 radical (unpaired) electrons. The van der Waals surface area contributed by atoms with E-state index in [4.69, 9.17) is 0 Å². The lowest BCUT2D eigenvalue weighted by molar-refractivity contribution is 0.104. The van der Waals surface area contributed by atoms with Crippen LogP contribution in [0.25, 0.3) is 10.1 Å². The van der Waals surface area contributed by atoms with Gasteiger partial charge in [0, 0.05) is 10.3 Å². The molecule has 0 aliphatic rings. The highest BCUT2D eigenvalue weighted by atomic mass is 32.1. The van der Waals surface area contributed by atoms with Gasteiger partial charge in [0.1, 0.15) is 0 Å². The van der Waals surface area contributed by atoms with Crippen LogP contribution in [-0.4, -0.2) is 10.8 Å². The quantitative estimate of drug-likeness (QED) is 0.655. The number of ketones is 1. The van der Waals surface area contributed by atoms with E-state index in [2.05, 4.69) is 4.98 Å². The summed E-state index contributed by atoms with van der Waals surface area (Å²) in [5.74, 6) is 0.0890. The third kappa shape index (κ3) is 1.78. The summed E-state index contributed by atoms with van der Waals surface area (Å²) in [5.41, 5.74) is 1.62. The van der Waals surface area contributed by atoms with Crippen LogP contribution in [0.2, 0.25) is 0 Å². The second kappa shape index (κ2) is 4.30. The van der Waals surface area contributed by atoms with Gasteiger partial charge < -0.3 is 0 Å². The highest BCUT2D eigenvalue weighted by Crippen LogP contribution is 2.29. The van der Waals surface area contributed by atoms with Crippen LogP contribution in [0.3, 0.4) is 0 Å². The molecular formula is C14H11NOS2. The van der Waals surface area contributed by atoms with Gasteiger partial charge in [-0.15, -0.1) is 22.7 Å². The number of carbonyl (C=O) groups excluding carboxylic acids is 1. The Hall–Kier alpha value is -1.52. The third-order valence-electron chi connectivity index (χ3n) is 2.83. The summed E-state index contributed by atoms with van der Waals surface area (Å²) in [4.78, 5) is 17.7. The highest BCUT2D eigenvalue weighted by Gasteiger charge is 2.18. The molecule has 2 heterocycles. The van der Waals surface area contributed by atoms with Crippen LogP contribution in [0.15, 0.2) is 29.6 Å². The van der Waals surface area contributed by atoms with Crippen molar-refractivity contribution in [1.82, 2.24) is 4.98 Å². The number of benzene rings is 1. The van der Waals surface area contributed by atoms with E-state index in [1.807, 2.05) is 43.5 Å². The minimum atomic E-state index is 0.0890. The molecule has 0 saturated carbocycles. The number of nitrogens with zero attached hydrogens (tertiary/aromatic N) is 1. The number of hydrogen-bond donors (Lipinski definition) is 0. The van der Waals surface area contributed by atoms with Crippen molar-refractivity contribution in [2.45, 2.75) is 13.8 Å². The molecule has 2 aromatic heterocycles. The number of aromatic nitrogens is 1. The van der Waals surface area contributed by atoms with Crippen molar-refractivity contribution >= 4 is 38.5 Å². The molecule has 90 valence electrons. The molecular weight excluding hydrogens is 262 g/mol. The molecule has 0 amide bonds. The minimum Gasteiger partial charge on any atom is -0.288 e. The predicted molar refractivity (Wildman–Crippen MR) is 76.8 cm³/mol. The Balaban J connectivity index is 2.18. The molecule has 0 aliphatic heterocycles. The van der Waals surface area contributed by atoms with Crippen LogP contribution in [0, 0.1) is 13.8 Å². The molecule has 1 aromatic carbocycles. The molecule has 0 N–H and O–H groups in total. The smallest absolute Gasteiger partial charge is 0.206 e. The van der Waals surface area contributed by atoms with Crippen molar-refractivity contribution in [2.75, 3.05) is 0 Å². The molecule has 18 heavy (non-hydrogen) atoms. The molecule has 0 aliphatic carbocycles. The van der Waals surface area contributed by atoms with Gasteiger partial charge in [-0.1, -0.05) is 12.1 Å². The van der Waals surface area contributed by atoms with Crippen LogP contribution in [-0.2, 0) is 0 Å². The van der Waals surface area contributed by atoms with Crippen LogP contribution < -0.4 is 0 Å². The molecule has 0 saturated heterocycles. The summed E-state index contributed by atoms with van der Waals surface area (Å²) in [6, 6.07) is 7.91. The molecule has 0 fully saturated rings. The number of thiophene rings is 1. The molecule has 0 unspecified atom stereocenters. The molecule has 0 bridgehead atoms. The van der Waals surface area contributed by atoms with E-state index in [1.165, 1.54) is 11.3 Å². The van der Waals surface area contributed by atoms with Gasteiger partial charge in [0.15, 0.2) is 0 Å². The van der Waals surface area contributed by atoms with Gasteiger partial charge in [0.25, 0.3) is 0 Å². The van der Waals surface area contributed by atoms with Gasteiger partial charge >= 0.3 is 0 Å². The number of thiazole rings is 1. The normalized spacial score (nSPS) is 11.0. The first-order valence-electron chi connectivity index (χ1n) is 5.62. The van der Waals surface area contributed by atoms with Crippen molar-refractivity contribution in [3.8, 4) is 0 Å². The first kappa shape index (κ1) is 11.6. The van der Waals surface area contributed by atoms with E-state index in [-0.39, 0.29) is 5.78 Å². The fourth-order valence-corrected chi connectivity index (χ4v) is 3.82. The maximum atomic E-state index is 12.6. The monoisotopic (exact) mass is 273 g/mol. The van der Waals surface area contributed by atoms with Crippen LogP contribution >= 0.6 is 22.7 Å². The van der Waals surface area contributed by atoms with Gasteiger partial charge in [-0.3, -0.25) is 4.79 Å². The van der Waals surface area contributed by atoms with E-state index in [0.717, 1.165) is 31.2 Å². The summed E-state index contributed by atoms with van der Waals surface area (Å²) < 4.78 is 1.06. The van der Waals surface area contributed by atoms with Crippen LogP contribution in [0.5, 0.6) is 0 Å². The van der Waals surface area contributed by atoms with E-state index in [9.17, 15) is 4.79 Å². The standard InChI is InChI=1S/C14H11NOS2/c1-8-13(18-9(2)15-8)12(16)11-5-3-4-10-6-7-17-14(10)11/h3-7H,1-2H3. The highest BCUT2D eigenvalue weighted by molar-refractivity contribution is 7.18. The largest absolute Gasteiger partial charge is 0.288 e. The molecule has 3 rings (SSSR count). The molecule has 0 spiro atoms. The minimum absolute atomic E-state index is 0.0890. The summed E-state index contributed by atoms with van der Waals surface area (Å²) in [7, 11) is 0. The van der Waals surface area contributed by atoms with Crippen LogP contribution in [0.4, 0.5) is 0 Å². The fourth-order valence-electron chi connectivity index (χ4n) is 2.04. The topological polar surface area (TPSA) is 30.0 Å². The Bertz CT molecular complexity index is 739. The first-order chi connectivity index (χ1) is 8.66. The summed E-state index contributed by atoms with van der Waals surface area (Å²) in [6.07, 6.45) is 0. The average molecular weight is 273 g/mol. The van der Waals surface area contributed by atoms with E-state index < -0.39 is 0 Å². The third-order valence-corrected chi connectivity index (χ3v) is 4.87. The Morgan fingerprint density at radius 3 is 2.78 bits per heavy atom. The van der Waals surface area contributed by atoms with Crippen molar-refractivity contribution in [2.24, 2.45) is 0 Å². The summed E-state index contributed by atoms with van der Waals surface area (Å²) in [5, 5.41) is 4.09. The van der Waals surface area contributed by atoms with Crippen LogP contribution in [0.1, 0.15) is 25.9 Å². The maximum absolute atomic E-state index is 12.6. The van der Waals surface area contributed by atoms with Gasteiger partial charge in [-0.05, 0) is 36.7 Å². The predicted octanol–water partition coefficient (Wildman–Crippen LogP) is 4.21. The Labute approximate surface area is 113 Å². The number of hydrogen-bond acceptors (Lipinski definition) is 4. The average Bonchev–Trinajstić information content (AvgIpc) is 2.94. The Morgan fingerprint density at radius 1 is 1.22 bits per heavy atom. The van der Waals surface area contributed by atoms with Crippen molar-refractivity contribution in [1.29, 1.82) is 0 Å². The van der Waals surface area contributed by atoms with Crippen molar-refractivity contribution in [3.63, 3.8) is 0 Å². The number of carbonyl (C=O) groups is 1. The molecule has 0 atom stereocenters. The first-order valence-corrected chi connectivity index (χ1v) is 7.31. The van der Waals surface area contributed by atoms with Crippen molar-refractivity contribution < 1.29 is 4.79 Å². The zero-order valence-corrected chi connectivity index (χ0v) is 11.7. The van der Waals surface area contributed by atoms with E-state index in [1.54, 1.807) is 11.3 Å². The number of fused-ring (bicyclic) bond motifs is 1. The van der Waals surface area contributed by atoms with E-state index in [0.29, 0.717) is 0 Å². The van der Waals surface area contributed by atoms with E-state index >= 15 is 0 Å². The lowest BCUT2D eigenvalue weighted by Gasteiger charge is -2.00. The summed E-state index contributed by atoms with van der Waals surface area (Å²) in [6.45, 7) is 3.82. The van der Waals surface area contributed by atoms with Gasteiger partial charge in [-0.2, -0.15) is 0 Å². The Morgan fingerprint density at radius 2 is 2.06 bits per heavy atom. The zero-order valence-electron chi connectivity index (χ0n) is 10.1. The SMILES string of the molecule is Cc1nc(C)c(C(=O)c2cccc3ccsc23)s1. The summed E-state index contributed by atoms with van der Waals surface area (Å²) >= 11 is 3.09. The fraction of sp³-hybridized carbons (Fsp3) is 0.143. The second-order valence-electron chi connectivity index (χ2n) is 4.12. The second-order valence-corrected chi connectivity index (χ2v) is 6.24.